The van der Waals surface area contributed by atoms with E-state index in [2.05, 4.69) is 11.9 Å². The molecule has 0 aromatic rings. The summed E-state index contributed by atoms with van der Waals surface area (Å²) in [5.74, 6) is -1.00. The van der Waals surface area contributed by atoms with Crippen LogP contribution < -0.4 is 5.32 Å². The van der Waals surface area contributed by atoms with Gasteiger partial charge < -0.3 is 24.3 Å². The number of amides is 1. The number of nitrogens with one attached hydrogen (secondary N) is 1. The smallest absolute Gasteiger partial charge is 0.333 e. The van der Waals surface area contributed by atoms with Crippen molar-refractivity contribution >= 4 is 11.9 Å². The van der Waals surface area contributed by atoms with Crippen molar-refractivity contribution in [3.63, 3.8) is 0 Å². The Morgan fingerprint density at radius 3 is 2.15 bits per heavy atom. The molecule has 0 aliphatic heterocycles. The van der Waals surface area contributed by atoms with Gasteiger partial charge in [0.25, 0.3) is 11.7 Å². The maximum Gasteiger partial charge on any atom is 0.333 e. The Morgan fingerprint density at radius 1 is 1.10 bits per heavy atom. The minimum atomic E-state index is -0.475. The molecule has 1 N–H and O–H groups in total. The largest absolute Gasteiger partial charge is 0.486 e. The van der Waals surface area contributed by atoms with Gasteiger partial charge in [-0.3, -0.25) is 4.79 Å². The van der Waals surface area contributed by atoms with Crippen molar-refractivity contribution in [3.8, 4) is 0 Å². The maximum absolute atomic E-state index is 11.8. The molecule has 0 spiro atoms. The normalized spacial score (nSPS) is 9.20. The number of rotatable bonds is 9. The molecule has 0 fully saturated rings. The summed E-state index contributed by atoms with van der Waals surface area (Å²) in [6.45, 7) is 5.54. The summed E-state index contributed by atoms with van der Waals surface area (Å²) >= 11 is 0. The molecule has 0 rings (SSSR count). The van der Waals surface area contributed by atoms with Crippen LogP contribution in [-0.4, -0.2) is 46.4 Å². The monoisotopic (exact) mass is 287 g/mol. The number of carbonyl (C=O) groups excluding carboxylic acids is 2. The second kappa shape index (κ2) is 9.71. The highest BCUT2D eigenvalue weighted by molar-refractivity contribution is 5.91. The molecule has 0 saturated carbocycles. The molecular weight excluding hydrogens is 266 g/mol. The van der Waals surface area contributed by atoms with Crippen molar-refractivity contribution in [2.24, 2.45) is 0 Å². The molecule has 7 nitrogen and oxygen atoms in total. The Hall–Kier alpha value is -2.18. The second-order valence-corrected chi connectivity index (χ2v) is 3.75. The van der Waals surface area contributed by atoms with Crippen LogP contribution in [0, 0.1) is 0 Å². The number of carbonyl (C=O) groups is 2. The summed E-state index contributed by atoms with van der Waals surface area (Å²) in [5.41, 5.74) is 0.337. The first-order chi connectivity index (χ1) is 9.47. The van der Waals surface area contributed by atoms with Crippen LogP contribution >= 0.6 is 0 Å². The lowest BCUT2D eigenvalue weighted by Crippen LogP contribution is -2.29. The molecule has 0 saturated heterocycles. The Kier molecular flexibility index (Phi) is 8.65. The molecule has 0 heterocycles. The summed E-state index contributed by atoms with van der Waals surface area (Å²) in [7, 11) is 4.06. The third kappa shape index (κ3) is 6.12. The van der Waals surface area contributed by atoms with Gasteiger partial charge in [-0.15, -0.1) is 0 Å². The zero-order valence-corrected chi connectivity index (χ0v) is 12.3. The Balaban J connectivity index is 4.13. The van der Waals surface area contributed by atoms with Crippen molar-refractivity contribution in [3.05, 3.63) is 23.9 Å². The summed E-state index contributed by atoms with van der Waals surface area (Å²) in [6, 6.07) is 0. The molecule has 20 heavy (non-hydrogen) atoms. The quantitative estimate of drug-likeness (QED) is 0.291. The highest BCUT2D eigenvalue weighted by atomic mass is 16.7. The van der Waals surface area contributed by atoms with Gasteiger partial charge in [0.15, 0.2) is 0 Å². The second-order valence-electron chi connectivity index (χ2n) is 3.75. The molecule has 0 atom stereocenters. The van der Waals surface area contributed by atoms with E-state index in [0.29, 0.717) is 18.5 Å². The zero-order chi connectivity index (χ0) is 15.5. The van der Waals surface area contributed by atoms with E-state index in [-0.39, 0.29) is 18.3 Å². The summed E-state index contributed by atoms with van der Waals surface area (Å²) in [6.07, 6.45) is 0.469. The van der Waals surface area contributed by atoms with Gasteiger partial charge in [0.05, 0.1) is 27.9 Å². The first kappa shape index (κ1) is 17.8. The molecule has 1 amide bonds. The molecular formula is C13H21NO6. The van der Waals surface area contributed by atoms with Crippen molar-refractivity contribution < 1.29 is 28.5 Å². The molecule has 114 valence electrons. The Bertz CT molecular complexity index is 382. The van der Waals surface area contributed by atoms with E-state index in [1.165, 1.54) is 21.3 Å². The average Bonchev–Trinajstić information content (AvgIpc) is 2.43. The van der Waals surface area contributed by atoms with Gasteiger partial charge in [0.1, 0.15) is 0 Å². The van der Waals surface area contributed by atoms with Crippen LogP contribution in [0.5, 0.6) is 0 Å². The highest BCUT2D eigenvalue weighted by Crippen LogP contribution is 2.07. The third-order valence-electron chi connectivity index (χ3n) is 2.15. The predicted octanol–water partition coefficient (Wildman–Crippen LogP) is 0.720. The molecule has 7 heteroatoms. The summed E-state index contributed by atoms with van der Waals surface area (Å²) < 4.78 is 19.5. The van der Waals surface area contributed by atoms with Crippen molar-refractivity contribution in [2.45, 2.75) is 13.3 Å². The predicted molar refractivity (Wildman–Crippen MR) is 71.5 cm³/mol. The van der Waals surface area contributed by atoms with E-state index in [9.17, 15) is 9.59 Å². The van der Waals surface area contributed by atoms with Crippen LogP contribution in [0.2, 0.25) is 0 Å². The lowest BCUT2D eigenvalue weighted by molar-refractivity contribution is -0.138. The SMILES string of the molecule is C=C(C)C(=O)OCCCNC(=O)C(OC)=C(OC)OC. The maximum atomic E-state index is 11.8. The number of methoxy groups -OCH3 is 3. The Morgan fingerprint density at radius 2 is 1.70 bits per heavy atom. The molecule has 0 aromatic carbocycles. The number of hydrogen-bond donors (Lipinski definition) is 1. The standard InChI is InChI=1S/C13H21NO6/c1-9(2)12(16)20-8-6-7-14-11(15)10(17-3)13(18-4)19-5/h1,6-8H2,2-5H3,(H,14,15). The fourth-order valence-corrected chi connectivity index (χ4v) is 1.18. The van der Waals surface area contributed by atoms with E-state index in [1.807, 2.05) is 0 Å². The third-order valence-corrected chi connectivity index (χ3v) is 2.15. The van der Waals surface area contributed by atoms with Crippen molar-refractivity contribution in [1.29, 1.82) is 0 Å². The van der Waals surface area contributed by atoms with Gasteiger partial charge in [-0.25, -0.2) is 4.79 Å². The van der Waals surface area contributed by atoms with Crippen LogP contribution in [0.3, 0.4) is 0 Å². The summed E-state index contributed by atoms with van der Waals surface area (Å²) in [4.78, 5) is 22.9. The average molecular weight is 287 g/mol. The fraction of sp³-hybridized carbons (Fsp3) is 0.538. The van der Waals surface area contributed by atoms with Crippen LogP contribution in [-0.2, 0) is 28.5 Å². The molecule has 0 aromatic heterocycles. The molecule has 0 radical (unpaired) electrons. The van der Waals surface area contributed by atoms with Crippen LogP contribution in [0.1, 0.15) is 13.3 Å². The lowest BCUT2D eigenvalue weighted by atomic mass is 10.3. The number of ether oxygens (including phenoxy) is 4. The van der Waals surface area contributed by atoms with Crippen molar-refractivity contribution in [1.82, 2.24) is 5.32 Å². The van der Waals surface area contributed by atoms with Gasteiger partial charge in [0, 0.05) is 12.1 Å². The minimum Gasteiger partial charge on any atom is -0.486 e. The highest BCUT2D eigenvalue weighted by Gasteiger charge is 2.17. The van der Waals surface area contributed by atoms with E-state index < -0.39 is 11.9 Å². The molecule has 0 bridgehead atoms. The topological polar surface area (TPSA) is 83.1 Å². The molecule has 0 aliphatic rings. The van der Waals surface area contributed by atoms with Crippen LogP contribution in [0.15, 0.2) is 23.9 Å². The van der Waals surface area contributed by atoms with Crippen LogP contribution in [0.25, 0.3) is 0 Å². The van der Waals surface area contributed by atoms with Crippen LogP contribution in [0.4, 0.5) is 0 Å². The van der Waals surface area contributed by atoms with E-state index in [0.717, 1.165) is 0 Å². The van der Waals surface area contributed by atoms with Gasteiger partial charge in [-0.2, -0.15) is 0 Å². The number of hydrogen-bond acceptors (Lipinski definition) is 6. The van der Waals surface area contributed by atoms with Gasteiger partial charge in [-0.05, 0) is 13.3 Å². The minimum absolute atomic E-state index is 0.0151. The fourth-order valence-electron chi connectivity index (χ4n) is 1.18. The van der Waals surface area contributed by atoms with E-state index in [4.69, 9.17) is 18.9 Å². The zero-order valence-electron chi connectivity index (χ0n) is 12.3. The first-order valence-electron chi connectivity index (χ1n) is 5.95. The van der Waals surface area contributed by atoms with E-state index >= 15 is 0 Å². The van der Waals surface area contributed by atoms with Gasteiger partial charge in [0.2, 0.25) is 0 Å². The lowest BCUT2D eigenvalue weighted by Gasteiger charge is -2.11. The van der Waals surface area contributed by atoms with Gasteiger partial charge in [-0.1, -0.05) is 6.58 Å². The van der Waals surface area contributed by atoms with Gasteiger partial charge >= 0.3 is 11.9 Å². The molecule has 0 aliphatic carbocycles. The molecule has 0 unspecified atom stereocenters. The van der Waals surface area contributed by atoms with E-state index in [1.54, 1.807) is 6.92 Å². The number of esters is 1. The summed E-state index contributed by atoms with van der Waals surface area (Å²) in [5, 5.41) is 2.59. The Labute approximate surface area is 118 Å². The van der Waals surface area contributed by atoms with Crippen molar-refractivity contribution in [2.75, 3.05) is 34.5 Å². The first-order valence-corrected chi connectivity index (χ1v) is 5.95.